The van der Waals surface area contributed by atoms with Crippen LogP contribution in [-0.4, -0.2) is 20.3 Å². The second-order valence-electron chi connectivity index (χ2n) is 3.44. The van der Waals surface area contributed by atoms with Gasteiger partial charge in [-0.15, -0.1) is 4.40 Å². The molecule has 0 aliphatic carbocycles. The van der Waals surface area contributed by atoms with Gasteiger partial charge in [0.2, 0.25) is 0 Å². The summed E-state index contributed by atoms with van der Waals surface area (Å²) in [6.45, 7) is 0. The molecule has 0 saturated carbocycles. The van der Waals surface area contributed by atoms with Gasteiger partial charge in [0, 0.05) is 0 Å². The van der Waals surface area contributed by atoms with Crippen molar-refractivity contribution in [3.05, 3.63) is 40.5 Å². The number of urea groups is 1. The molecule has 6 nitrogen and oxygen atoms in total. The van der Waals surface area contributed by atoms with E-state index >= 15 is 0 Å². The number of amides is 2. The molecule has 1 heterocycles. The minimum Gasteiger partial charge on any atom is -0.302 e. The van der Waals surface area contributed by atoms with Crippen molar-refractivity contribution in [2.45, 2.75) is 4.90 Å². The van der Waals surface area contributed by atoms with Crippen molar-refractivity contribution in [2.24, 2.45) is 4.40 Å². The number of benzene rings is 1. The zero-order chi connectivity index (χ0) is 14.0. The molecule has 2 rings (SSSR count). The molecule has 19 heavy (non-hydrogen) atoms. The highest BCUT2D eigenvalue weighted by Crippen LogP contribution is 2.18. The molecule has 1 saturated heterocycles. The average Bonchev–Trinajstić information content (AvgIpc) is 2.71. The van der Waals surface area contributed by atoms with Crippen molar-refractivity contribution in [3.63, 3.8) is 0 Å². The Hall–Kier alpha value is -1.57. The second-order valence-corrected chi connectivity index (χ2v) is 6.00. The second kappa shape index (κ2) is 5.20. The summed E-state index contributed by atoms with van der Waals surface area (Å²) < 4.78 is 27.2. The van der Waals surface area contributed by atoms with E-state index in [2.05, 4.69) is 15.0 Å². The highest BCUT2D eigenvalue weighted by atomic mass is 35.5. The van der Waals surface area contributed by atoms with Crippen molar-refractivity contribution in [1.82, 2.24) is 10.6 Å². The van der Waals surface area contributed by atoms with Gasteiger partial charge in [0.15, 0.2) is 5.84 Å². The lowest BCUT2D eigenvalue weighted by molar-refractivity contribution is 0.250. The number of rotatable bonds is 2. The Kier molecular flexibility index (Phi) is 3.79. The quantitative estimate of drug-likeness (QED) is 0.870. The Morgan fingerprint density at radius 3 is 2.32 bits per heavy atom. The smallest absolute Gasteiger partial charge is 0.302 e. The fraction of sp³-hybridized carbons (Fsp3) is 0. The lowest BCUT2D eigenvalue weighted by Crippen LogP contribution is -2.23. The summed E-state index contributed by atoms with van der Waals surface area (Å²) in [6.07, 6.45) is 0. The molecule has 0 bridgehead atoms. The molecule has 2 N–H and O–H groups in total. The minimum absolute atomic E-state index is 0.00584. The summed E-state index contributed by atoms with van der Waals surface area (Å²) in [5.74, 6) is -0.242. The summed E-state index contributed by atoms with van der Waals surface area (Å²) in [7, 11) is -3.95. The first-order valence-electron chi connectivity index (χ1n) is 4.94. The predicted octanol–water partition coefficient (Wildman–Crippen LogP) is 1.73. The van der Waals surface area contributed by atoms with Crippen molar-refractivity contribution in [3.8, 4) is 0 Å². The van der Waals surface area contributed by atoms with E-state index in [1.807, 2.05) is 0 Å². The summed E-state index contributed by atoms with van der Waals surface area (Å²) in [6, 6.07) is 6.90. The van der Waals surface area contributed by atoms with Gasteiger partial charge in [-0.1, -0.05) is 41.4 Å². The van der Waals surface area contributed by atoms with E-state index in [4.69, 9.17) is 23.2 Å². The normalized spacial score (nSPS) is 17.3. The van der Waals surface area contributed by atoms with Crippen LogP contribution < -0.4 is 10.6 Å². The van der Waals surface area contributed by atoms with Crippen LogP contribution in [0, 0.1) is 0 Å². The molecule has 0 atom stereocenters. The Morgan fingerprint density at radius 2 is 1.74 bits per heavy atom. The Bertz CT molecular complexity index is 679. The fourth-order valence-corrected chi connectivity index (χ4v) is 2.60. The van der Waals surface area contributed by atoms with Gasteiger partial charge in [0.1, 0.15) is 10.2 Å². The van der Waals surface area contributed by atoms with Gasteiger partial charge < -0.3 is 5.32 Å². The lowest BCUT2D eigenvalue weighted by atomic mass is 10.4. The van der Waals surface area contributed by atoms with Gasteiger partial charge in [0.25, 0.3) is 10.0 Å². The molecule has 9 heteroatoms. The molecule has 0 radical (unpaired) electrons. The van der Waals surface area contributed by atoms with Crippen LogP contribution in [0.15, 0.2) is 49.8 Å². The Morgan fingerprint density at radius 1 is 1.11 bits per heavy atom. The highest BCUT2D eigenvalue weighted by molar-refractivity contribution is 7.90. The zero-order valence-corrected chi connectivity index (χ0v) is 11.6. The van der Waals surface area contributed by atoms with Crippen LogP contribution in [0.25, 0.3) is 0 Å². The van der Waals surface area contributed by atoms with E-state index in [1.165, 1.54) is 12.1 Å². The number of nitrogens with zero attached hydrogens (tertiary/aromatic N) is 1. The molecule has 1 aliphatic rings. The van der Waals surface area contributed by atoms with Crippen LogP contribution in [-0.2, 0) is 10.0 Å². The first-order chi connectivity index (χ1) is 8.90. The summed E-state index contributed by atoms with van der Waals surface area (Å²) in [5.41, 5.74) is -0.0761. The maximum absolute atomic E-state index is 12.0. The number of hydrogen-bond donors (Lipinski definition) is 2. The van der Waals surface area contributed by atoms with Crippen LogP contribution >= 0.6 is 23.2 Å². The summed E-state index contributed by atoms with van der Waals surface area (Å²) in [5, 5.41) is 4.45. The molecule has 1 aliphatic heterocycles. The van der Waals surface area contributed by atoms with E-state index in [9.17, 15) is 13.2 Å². The molecular weight excluding hydrogens is 313 g/mol. The molecule has 0 aromatic heterocycles. The summed E-state index contributed by atoms with van der Waals surface area (Å²) in [4.78, 5) is 11.1. The molecule has 0 spiro atoms. The largest absolute Gasteiger partial charge is 0.325 e. The number of nitrogens with one attached hydrogen (secondary N) is 2. The van der Waals surface area contributed by atoms with Crippen LogP contribution in [0.4, 0.5) is 4.79 Å². The van der Waals surface area contributed by atoms with Crippen molar-refractivity contribution < 1.29 is 13.2 Å². The third kappa shape index (κ3) is 3.06. The third-order valence-electron chi connectivity index (χ3n) is 2.15. The number of sulfonamides is 1. The number of hydrogen-bond acceptors (Lipinski definition) is 3. The Balaban J connectivity index is 2.47. The maximum atomic E-state index is 12.0. The average molecular weight is 320 g/mol. The zero-order valence-electron chi connectivity index (χ0n) is 9.22. The Labute approximate surface area is 119 Å². The fourth-order valence-electron chi connectivity index (χ4n) is 1.34. The van der Waals surface area contributed by atoms with Crippen LogP contribution in [0.1, 0.15) is 0 Å². The SMILES string of the molecule is O=C1NC(=C(Cl)Cl)/C(=N/S(=O)(=O)c2ccccc2)N1. The monoisotopic (exact) mass is 319 g/mol. The van der Waals surface area contributed by atoms with Gasteiger partial charge in [-0.2, -0.15) is 8.42 Å². The van der Waals surface area contributed by atoms with E-state index in [-0.39, 0.29) is 20.9 Å². The number of halogens is 2. The van der Waals surface area contributed by atoms with E-state index in [1.54, 1.807) is 18.2 Å². The first kappa shape index (κ1) is 13.9. The predicted molar refractivity (Wildman–Crippen MR) is 71.5 cm³/mol. The molecule has 1 fully saturated rings. The van der Waals surface area contributed by atoms with Gasteiger partial charge in [-0.05, 0) is 12.1 Å². The minimum atomic E-state index is -3.95. The van der Waals surface area contributed by atoms with Crippen molar-refractivity contribution in [1.29, 1.82) is 0 Å². The van der Waals surface area contributed by atoms with Gasteiger partial charge in [-0.25, -0.2) is 4.79 Å². The van der Waals surface area contributed by atoms with Crippen LogP contribution in [0.2, 0.25) is 0 Å². The van der Waals surface area contributed by atoms with Gasteiger partial charge >= 0.3 is 6.03 Å². The summed E-state index contributed by atoms with van der Waals surface area (Å²) >= 11 is 11.1. The standard InChI is InChI=1S/C10H7Cl2N3O3S/c11-8(12)7-9(14-10(16)13-7)15-19(17,18)6-4-2-1-3-5-6/h1-5H,(H2,13,14,15,16). The van der Waals surface area contributed by atoms with E-state index in [0.29, 0.717) is 0 Å². The van der Waals surface area contributed by atoms with Gasteiger partial charge in [-0.3, -0.25) is 5.32 Å². The molecule has 1 aromatic carbocycles. The number of carbonyl (C=O) groups is 1. The lowest BCUT2D eigenvalue weighted by Gasteiger charge is -2.01. The molecule has 2 amide bonds. The number of amidine groups is 1. The topological polar surface area (TPSA) is 87.6 Å². The molecule has 0 unspecified atom stereocenters. The van der Waals surface area contributed by atoms with Crippen LogP contribution in [0.5, 0.6) is 0 Å². The van der Waals surface area contributed by atoms with E-state index in [0.717, 1.165) is 0 Å². The van der Waals surface area contributed by atoms with Crippen molar-refractivity contribution >= 4 is 45.1 Å². The van der Waals surface area contributed by atoms with Gasteiger partial charge in [0.05, 0.1) is 4.90 Å². The molecular formula is C10H7Cl2N3O3S. The number of carbonyl (C=O) groups excluding carboxylic acids is 1. The van der Waals surface area contributed by atoms with E-state index < -0.39 is 16.1 Å². The third-order valence-corrected chi connectivity index (χ3v) is 3.82. The molecule has 100 valence electrons. The first-order valence-corrected chi connectivity index (χ1v) is 7.13. The highest BCUT2D eigenvalue weighted by Gasteiger charge is 2.27. The van der Waals surface area contributed by atoms with Crippen LogP contribution in [0.3, 0.4) is 0 Å². The molecule has 1 aromatic rings. The van der Waals surface area contributed by atoms with Crippen molar-refractivity contribution in [2.75, 3.05) is 0 Å². The maximum Gasteiger partial charge on any atom is 0.325 e.